The highest BCUT2D eigenvalue weighted by atomic mass is 35.5. The number of carbonyl (C=O) groups is 3. The molecule has 1 N–H and O–H groups in total. The number of hydrogen-bond acceptors (Lipinski definition) is 3. The largest absolute Gasteiger partial charge is 0.336 e. The zero-order valence-corrected chi connectivity index (χ0v) is 9.17. The smallest absolute Gasteiger partial charge is 0.269 e. The molecule has 1 saturated heterocycles. The van der Waals surface area contributed by atoms with Gasteiger partial charge in [-0.05, 0) is 18.2 Å². The normalized spacial score (nSPS) is 15.6. The molecule has 7 heteroatoms. The van der Waals surface area contributed by atoms with Crippen LogP contribution in [-0.4, -0.2) is 17.8 Å². The molecule has 0 aromatic heterocycles. The van der Waals surface area contributed by atoms with Crippen LogP contribution in [0.4, 0.5) is 10.5 Å². The number of amides is 4. The fourth-order valence-electron chi connectivity index (χ4n) is 1.26. The van der Waals surface area contributed by atoms with E-state index in [9.17, 15) is 14.4 Å². The van der Waals surface area contributed by atoms with Gasteiger partial charge in [-0.3, -0.25) is 14.9 Å². The molecule has 1 aromatic rings. The molecule has 0 bridgehead atoms. The first-order chi connectivity index (χ1) is 7.50. The van der Waals surface area contributed by atoms with E-state index in [1.165, 1.54) is 18.2 Å². The number of halogens is 2. The fraction of sp³-hybridized carbons (Fsp3) is 0. The van der Waals surface area contributed by atoms with E-state index in [-0.39, 0.29) is 10.7 Å². The van der Waals surface area contributed by atoms with E-state index in [1.54, 1.807) is 0 Å². The average molecular weight is 259 g/mol. The lowest BCUT2D eigenvalue weighted by Gasteiger charge is -2.11. The number of nitrogens with zero attached hydrogens (tertiary/aromatic N) is 1. The van der Waals surface area contributed by atoms with E-state index in [0.29, 0.717) is 9.92 Å². The highest BCUT2D eigenvalue weighted by molar-refractivity contribution is 6.53. The lowest BCUT2D eigenvalue weighted by atomic mass is 10.3. The summed E-state index contributed by atoms with van der Waals surface area (Å²) in [6.45, 7) is 0. The standard InChI is InChI=1S/C9H4Cl2N2O3/c10-5-2-1-4(3-6(5)11)13-8(15)7(14)12-9(13)16/h1-3H,(H,12,14,16). The number of hydrogen-bond donors (Lipinski definition) is 1. The Morgan fingerprint density at radius 1 is 1.06 bits per heavy atom. The van der Waals surface area contributed by atoms with Gasteiger partial charge < -0.3 is 0 Å². The van der Waals surface area contributed by atoms with Crippen molar-refractivity contribution in [2.24, 2.45) is 0 Å². The summed E-state index contributed by atoms with van der Waals surface area (Å²) in [5, 5.41) is 2.36. The Hall–Kier alpha value is -1.59. The molecule has 16 heavy (non-hydrogen) atoms. The van der Waals surface area contributed by atoms with Gasteiger partial charge in [0.15, 0.2) is 0 Å². The predicted octanol–water partition coefficient (Wildman–Crippen LogP) is 1.58. The van der Waals surface area contributed by atoms with Crippen molar-refractivity contribution in [1.29, 1.82) is 0 Å². The van der Waals surface area contributed by atoms with E-state index < -0.39 is 17.8 Å². The Bertz CT molecular complexity index is 515. The summed E-state index contributed by atoms with van der Waals surface area (Å²) in [6, 6.07) is 3.39. The minimum atomic E-state index is -0.962. The van der Waals surface area contributed by atoms with Crippen molar-refractivity contribution in [2.45, 2.75) is 0 Å². The van der Waals surface area contributed by atoms with Crippen LogP contribution in [0.2, 0.25) is 10.0 Å². The first-order valence-corrected chi connectivity index (χ1v) is 4.91. The summed E-state index contributed by atoms with van der Waals surface area (Å²) in [5.41, 5.74) is 0.197. The van der Waals surface area contributed by atoms with Gasteiger partial charge in [-0.15, -0.1) is 0 Å². The van der Waals surface area contributed by atoms with Gasteiger partial charge in [0.2, 0.25) is 0 Å². The maximum absolute atomic E-state index is 11.3. The van der Waals surface area contributed by atoms with E-state index >= 15 is 0 Å². The van der Waals surface area contributed by atoms with Gasteiger partial charge in [0.05, 0.1) is 15.7 Å². The monoisotopic (exact) mass is 258 g/mol. The number of anilines is 1. The van der Waals surface area contributed by atoms with E-state index in [1.807, 2.05) is 5.32 Å². The number of nitrogens with one attached hydrogen (secondary N) is 1. The van der Waals surface area contributed by atoms with Crippen molar-refractivity contribution in [1.82, 2.24) is 5.32 Å². The summed E-state index contributed by atoms with van der Waals surface area (Å²) in [6.07, 6.45) is 0. The molecule has 1 aromatic carbocycles. The number of rotatable bonds is 1. The molecule has 82 valence electrons. The SMILES string of the molecule is O=C1NC(=O)N(c2ccc(Cl)c(Cl)c2)C1=O. The maximum atomic E-state index is 11.3. The number of benzene rings is 1. The van der Waals surface area contributed by atoms with Crippen LogP contribution in [0, 0.1) is 0 Å². The summed E-state index contributed by atoms with van der Waals surface area (Å²) < 4.78 is 0. The minimum Gasteiger partial charge on any atom is -0.269 e. The Morgan fingerprint density at radius 2 is 1.75 bits per heavy atom. The summed E-state index contributed by atoms with van der Waals surface area (Å²) in [7, 11) is 0. The Labute approximate surface area is 99.9 Å². The molecule has 0 atom stereocenters. The molecule has 1 fully saturated rings. The number of imide groups is 2. The first-order valence-electron chi connectivity index (χ1n) is 4.15. The third-order valence-electron chi connectivity index (χ3n) is 1.98. The Morgan fingerprint density at radius 3 is 2.25 bits per heavy atom. The minimum absolute atomic E-state index is 0.194. The average Bonchev–Trinajstić information content (AvgIpc) is 2.47. The molecule has 0 aliphatic carbocycles. The fourth-order valence-corrected chi connectivity index (χ4v) is 1.55. The Kier molecular flexibility index (Phi) is 2.57. The van der Waals surface area contributed by atoms with Crippen LogP contribution in [0.5, 0.6) is 0 Å². The second-order valence-corrected chi connectivity index (χ2v) is 3.81. The molecule has 0 radical (unpaired) electrons. The van der Waals surface area contributed by atoms with Crippen LogP contribution < -0.4 is 10.2 Å². The van der Waals surface area contributed by atoms with Crippen molar-refractivity contribution in [3.63, 3.8) is 0 Å². The van der Waals surface area contributed by atoms with Crippen molar-refractivity contribution < 1.29 is 14.4 Å². The topological polar surface area (TPSA) is 66.5 Å². The van der Waals surface area contributed by atoms with Gasteiger partial charge in [-0.2, -0.15) is 0 Å². The maximum Gasteiger partial charge on any atom is 0.336 e. The zero-order chi connectivity index (χ0) is 11.9. The van der Waals surface area contributed by atoms with Gasteiger partial charge in [0.25, 0.3) is 0 Å². The molecule has 1 aliphatic rings. The third-order valence-corrected chi connectivity index (χ3v) is 2.72. The molecule has 0 spiro atoms. The van der Waals surface area contributed by atoms with Gasteiger partial charge in [-0.25, -0.2) is 9.69 Å². The van der Waals surface area contributed by atoms with Gasteiger partial charge in [0, 0.05) is 0 Å². The van der Waals surface area contributed by atoms with E-state index in [0.717, 1.165) is 0 Å². The zero-order valence-electron chi connectivity index (χ0n) is 7.66. The molecular weight excluding hydrogens is 255 g/mol. The lowest BCUT2D eigenvalue weighted by molar-refractivity contribution is -0.134. The molecule has 4 amide bonds. The van der Waals surface area contributed by atoms with Crippen LogP contribution >= 0.6 is 23.2 Å². The third kappa shape index (κ3) is 1.64. The quantitative estimate of drug-likeness (QED) is 0.615. The van der Waals surface area contributed by atoms with Crippen molar-refractivity contribution in [2.75, 3.05) is 4.90 Å². The number of urea groups is 1. The summed E-state index contributed by atoms with van der Waals surface area (Å²) in [4.78, 5) is 34.3. The summed E-state index contributed by atoms with van der Waals surface area (Å²) in [5.74, 6) is -1.90. The van der Waals surface area contributed by atoms with Gasteiger partial charge in [-0.1, -0.05) is 23.2 Å². The van der Waals surface area contributed by atoms with Crippen LogP contribution in [-0.2, 0) is 9.59 Å². The van der Waals surface area contributed by atoms with Crippen LogP contribution in [0.25, 0.3) is 0 Å². The molecule has 1 aliphatic heterocycles. The van der Waals surface area contributed by atoms with Gasteiger partial charge >= 0.3 is 17.8 Å². The molecule has 2 rings (SSSR count). The number of carbonyl (C=O) groups excluding carboxylic acids is 3. The van der Waals surface area contributed by atoms with Crippen molar-refractivity contribution >= 4 is 46.7 Å². The van der Waals surface area contributed by atoms with Crippen LogP contribution in [0.15, 0.2) is 18.2 Å². The second-order valence-electron chi connectivity index (χ2n) is 3.00. The molecule has 0 saturated carbocycles. The molecule has 1 heterocycles. The lowest BCUT2D eigenvalue weighted by Crippen LogP contribution is -2.30. The Balaban J connectivity index is 2.45. The molecule has 5 nitrogen and oxygen atoms in total. The highest BCUT2D eigenvalue weighted by Crippen LogP contribution is 2.28. The highest BCUT2D eigenvalue weighted by Gasteiger charge is 2.38. The van der Waals surface area contributed by atoms with Gasteiger partial charge in [0.1, 0.15) is 0 Å². The van der Waals surface area contributed by atoms with Crippen LogP contribution in [0.3, 0.4) is 0 Å². The second kappa shape index (κ2) is 3.77. The molecular formula is C9H4Cl2N2O3. The van der Waals surface area contributed by atoms with Crippen molar-refractivity contribution in [3.05, 3.63) is 28.2 Å². The van der Waals surface area contributed by atoms with E-state index in [4.69, 9.17) is 23.2 Å². The first kappa shape index (κ1) is 10.9. The summed E-state index contributed by atoms with van der Waals surface area (Å²) >= 11 is 11.4. The van der Waals surface area contributed by atoms with Crippen LogP contribution in [0.1, 0.15) is 0 Å². The predicted molar refractivity (Wildman–Crippen MR) is 57.5 cm³/mol. The van der Waals surface area contributed by atoms with E-state index in [2.05, 4.69) is 0 Å². The van der Waals surface area contributed by atoms with Crippen molar-refractivity contribution in [3.8, 4) is 0 Å². The molecule has 0 unspecified atom stereocenters.